The molecule has 4 aliphatic rings. The molecule has 0 amide bonds. The SMILES string of the molecule is CC1([B]C2(C)C3CCCCC3C3CCCCC32)C=CC=C1. The molecule has 0 aromatic carbocycles. The highest BCUT2D eigenvalue weighted by molar-refractivity contribution is 6.46. The molecule has 113 valence electrons. The summed E-state index contributed by atoms with van der Waals surface area (Å²) >= 11 is 0. The fourth-order valence-corrected chi connectivity index (χ4v) is 6.73. The van der Waals surface area contributed by atoms with Crippen LogP contribution in [0.2, 0.25) is 10.6 Å². The van der Waals surface area contributed by atoms with E-state index in [1.165, 1.54) is 51.4 Å². The second-order valence-electron chi connectivity index (χ2n) is 8.70. The Kier molecular flexibility index (Phi) is 3.39. The molecule has 3 fully saturated rings. The van der Waals surface area contributed by atoms with Gasteiger partial charge in [-0.25, -0.2) is 0 Å². The topological polar surface area (TPSA) is 0 Å². The molecule has 4 rings (SSSR count). The molecule has 1 heteroatoms. The maximum atomic E-state index is 2.78. The first kappa shape index (κ1) is 14.2. The molecule has 4 unspecified atom stereocenters. The van der Waals surface area contributed by atoms with E-state index >= 15 is 0 Å². The molecule has 0 aromatic heterocycles. The van der Waals surface area contributed by atoms with E-state index < -0.39 is 0 Å². The van der Waals surface area contributed by atoms with Gasteiger partial charge in [0.25, 0.3) is 0 Å². The van der Waals surface area contributed by atoms with Gasteiger partial charge in [0.2, 0.25) is 0 Å². The molecular weight excluding hydrogens is 251 g/mol. The summed E-state index contributed by atoms with van der Waals surface area (Å²) in [7, 11) is 2.78. The van der Waals surface area contributed by atoms with Crippen LogP contribution in [0.3, 0.4) is 0 Å². The molecule has 0 bridgehead atoms. The lowest BCUT2D eigenvalue weighted by Gasteiger charge is -2.44. The smallest absolute Gasteiger partial charge is 0.0829 e. The van der Waals surface area contributed by atoms with Gasteiger partial charge < -0.3 is 0 Å². The van der Waals surface area contributed by atoms with E-state index in [9.17, 15) is 0 Å². The van der Waals surface area contributed by atoms with Crippen LogP contribution in [-0.2, 0) is 0 Å². The summed E-state index contributed by atoms with van der Waals surface area (Å²) in [5, 5.41) is 0.688. The Morgan fingerprint density at radius 1 is 0.762 bits per heavy atom. The first-order valence-corrected chi connectivity index (χ1v) is 9.37. The van der Waals surface area contributed by atoms with Crippen LogP contribution in [-0.4, -0.2) is 7.28 Å². The summed E-state index contributed by atoms with van der Waals surface area (Å²) < 4.78 is 0. The average molecular weight is 281 g/mol. The lowest BCUT2D eigenvalue weighted by Crippen LogP contribution is -2.36. The molecule has 0 nitrogen and oxygen atoms in total. The highest BCUT2D eigenvalue weighted by Crippen LogP contribution is 2.68. The summed E-state index contributed by atoms with van der Waals surface area (Å²) in [6, 6.07) is 0. The maximum absolute atomic E-state index is 2.78. The zero-order valence-electron chi connectivity index (χ0n) is 13.9. The van der Waals surface area contributed by atoms with Crippen molar-refractivity contribution in [3.05, 3.63) is 24.3 Å². The quantitative estimate of drug-likeness (QED) is 0.561. The highest BCUT2D eigenvalue weighted by Gasteiger charge is 2.58. The van der Waals surface area contributed by atoms with Gasteiger partial charge in [-0.15, -0.1) is 0 Å². The average Bonchev–Trinajstić information content (AvgIpc) is 3.02. The summed E-state index contributed by atoms with van der Waals surface area (Å²) in [4.78, 5) is 0. The lowest BCUT2D eigenvalue weighted by atomic mass is 9.34. The van der Waals surface area contributed by atoms with Gasteiger partial charge in [0.05, 0.1) is 0 Å². The largest absolute Gasteiger partial charge is 0.136 e. The highest BCUT2D eigenvalue weighted by atomic mass is 14.6. The van der Waals surface area contributed by atoms with Crippen LogP contribution in [0.1, 0.15) is 65.2 Å². The third-order valence-corrected chi connectivity index (χ3v) is 7.43. The Balaban J connectivity index is 1.67. The van der Waals surface area contributed by atoms with E-state index in [2.05, 4.69) is 45.4 Å². The fraction of sp³-hybridized carbons (Fsp3) is 0.800. The van der Waals surface area contributed by atoms with Crippen molar-refractivity contribution in [2.75, 3.05) is 0 Å². The Morgan fingerprint density at radius 2 is 1.24 bits per heavy atom. The molecule has 0 heterocycles. The standard InChI is InChI=1S/C20H30B/c1-19(13-7-8-14-19)21-20(2)17-11-5-3-9-15(17)16-10-4-6-12-18(16)20/h7-8,13-18H,3-6,9-12H2,1-2H3. The molecule has 0 aliphatic heterocycles. The molecule has 0 N–H and O–H groups in total. The molecule has 1 radical (unpaired) electrons. The van der Waals surface area contributed by atoms with Crippen molar-refractivity contribution in [3.63, 3.8) is 0 Å². The van der Waals surface area contributed by atoms with Gasteiger partial charge in [-0.2, -0.15) is 0 Å². The van der Waals surface area contributed by atoms with Crippen molar-refractivity contribution < 1.29 is 0 Å². The predicted molar refractivity (Wildman–Crippen MR) is 91.7 cm³/mol. The first-order valence-electron chi connectivity index (χ1n) is 9.37. The first-order chi connectivity index (χ1) is 10.1. The minimum absolute atomic E-state index is 0.211. The summed E-state index contributed by atoms with van der Waals surface area (Å²) in [5.41, 5.74) is 0. The molecule has 4 atom stereocenters. The Bertz CT molecular complexity index is 426. The molecule has 4 aliphatic carbocycles. The van der Waals surface area contributed by atoms with E-state index in [1.54, 1.807) is 0 Å². The van der Waals surface area contributed by atoms with Gasteiger partial charge in [-0.1, -0.05) is 82.0 Å². The van der Waals surface area contributed by atoms with E-state index in [4.69, 9.17) is 0 Å². The number of allylic oxidation sites excluding steroid dienone is 4. The summed E-state index contributed by atoms with van der Waals surface area (Å²) in [5.74, 6) is 4.03. The third kappa shape index (κ3) is 2.18. The van der Waals surface area contributed by atoms with Crippen LogP contribution in [0, 0.1) is 23.7 Å². The van der Waals surface area contributed by atoms with Crippen molar-refractivity contribution in [2.45, 2.75) is 75.8 Å². The van der Waals surface area contributed by atoms with Gasteiger partial charge >= 0.3 is 0 Å². The van der Waals surface area contributed by atoms with Crippen LogP contribution in [0.4, 0.5) is 0 Å². The van der Waals surface area contributed by atoms with E-state index in [0.717, 1.165) is 23.7 Å². The second-order valence-corrected chi connectivity index (χ2v) is 8.70. The van der Waals surface area contributed by atoms with E-state index in [-0.39, 0.29) is 5.31 Å². The monoisotopic (exact) mass is 281 g/mol. The molecule has 0 spiro atoms. The van der Waals surface area contributed by atoms with Crippen LogP contribution < -0.4 is 0 Å². The zero-order valence-corrected chi connectivity index (χ0v) is 13.9. The molecule has 0 aromatic rings. The number of hydrogen-bond acceptors (Lipinski definition) is 0. The van der Waals surface area contributed by atoms with Crippen molar-refractivity contribution in [3.8, 4) is 0 Å². The van der Waals surface area contributed by atoms with Crippen LogP contribution in [0.5, 0.6) is 0 Å². The van der Waals surface area contributed by atoms with Crippen LogP contribution in [0.25, 0.3) is 0 Å². The van der Waals surface area contributed by atoms with Crippen LogP contribution in [0.15, 0.2) is 24.3 Å². The minimum atomic E-state index is 0.211. The Labute approximate surface area is 131 Å². The zero-order chi connectivity index (χ0) is 14.5. The van der Waals surface area contributed by atoms with Gasteiger partial charge in [-0.05, 0) is 41.8 Å². The normalized spacial score (nSPS) is 47.1. The Hall–Kier alpha value is -0.455. The Morgan fingerprint density at radius 3 is 1.76 bits per heavy atom. The maximum Gasteiger partial charge on any atom is 0.136 e. The minimum Gasteiger partial charge on any atom is -0.0829 e. The van der Waals surface area contributed by atoms with Gasteiger partial charge in [0.15, 0.2) is 0 Å². The molecule has 0 saturated heterocycles. The lowest BCUT2D eigenvalue weighted by molar-refractivity contribution is 0.184. The fourth-order valence-electron chi connectivity index (χ4n) is 6.73. The molecular formula is C20H30B. The molecule has 3 saturated carbocycles. The van der Waals surface area contributed by atoms with Gasteiger partial charge in [0.1, 0.15) is 7.28 Å². The number of hydrogen-bond donors (Lipinski definition) is 0. The van der Waals surface area contributed by atoms with Crippen LogP contribution >= 0.6 is 0 Å². The van der Waals surface area contributed by atoms with Gasteiger partial charge in [0, 0.05) is 0 Å². The summed E-state index contributed by atoms with van der Waals surface area (Å²) in [6.45, 7) is 5.05. The van der Waals surface area contributed by atoms with Crippen molar-refractivity contribution >= 4 is 7.28 Å². The third-order valence-electron chi connectivity index (χ3n) is 7.43. The second kappa shape index (κ2) is 5.03. The van der Waals surface area contributed by atoms with E-state index in [0.29, 0.717) is 5.31 Å². The van der Waals surface area contributed by atoms with Crippen molar-refractivity contribution in [1.29, 1.82) is 0 Å². The van der Waals surface area contributed by atoms with Crippen molar-refractivity contribution in [2.24, 2.45) is 23.7 Å². The van der Waals surface area contributed by atoms with Gasteiger partial charge in [-0.3, -0.25) is 0 Å². The summed E-state index contributed by atoms with van der Waals surface area (Å²) in [6.07, 6.45) is 21.3. The predicted octanol–water partition coefficient (Wildman–Crippen LogP) is 5.80. The molecule has 21 heavy (non-hydrogen) atoms. The number of rotatable bonds is 2. The van der Waals surface area contributed by atoms with E-state index in [1.807, 2.05) is 0 Å². The number of fused-ring (bicyclic) bond motifs is 3. The van der Waals surface area contributed by atoms with Crippen molar-refractivity contribution in [1.82, 2.24) is 0 Å².